The Bertz CT molecular complexity index is 1120. The van der Waals surface area contributed by atoms with E-state index in [4.69, 9.17) is 4.74 Å². The lowest BCUT2D eigenvalue weighted by Crippen LogP contribution is -2.51. The zero-order valence-corrected chi connectivity index (χ0v) is 19.6. The van der Waals surface area contributed by atoms with Gasteiger partial charge in [-0.15, -0.1) is 0 Å². The first kappa shape index (κ1) is 23.7. The molecule has 11 heteroatoms. The van der Waals surface area contributed by atoms with Gasteiger partial charge in [0.2, 0.25) is 0 Å². The van der Waals surface area contributed by atoms with Crippen LogP contribution in [0.1, 0.15) is 38.6 Å². The Morgan fingerprint density at radius 1 is 1.32 bits per heavy atom. The summed E-state index contributed by atoms with van der Waals surface area (Å²) in [7, 11) is 3.26. The fourth-order valence-electron chi connectivity index (χ4n) is 4.24. The lowest BCUT2D eigenvalue weighted by Gasteiger charge is -2.36. The predicted octanol–water partition coefficient (Wildman–Crippen LogP) is 0.872. The molecule has 4 N–H and O–H groups in total. The minimum atomic E-state index is -0.534. The van der Waals surface area contributed by atoms with E-state index < -0.39 is 6.10 Å². The number of hydrazone groups is 1. The fourth-order valence-corrected chi connectivity index (χ4v) is 4.24. The molecule has 0 aromatic carbocycles. The number of nitrogens with zero attached hydrogens (tertiary/aromatic N) is 4. The maximum atomic E-state index is 13.1. The normalized spacial score (nSPS) is 28.8. The average molecular weight is 470 g/mol. The maximum Gasteiger partial charge on any atom is 0.274 e. The molecule has 2 unspecified atom stereocenters. The number of amides is 1. The molecule has 11 nitrogen and oxygen atoms in total. The van der Waals surface area contributed by atoms with Crippen LogP contribution in [-0.4, -0.2) is 65.6 Å². The molecule has 182 valence electrons. The van der Waals surface area contributed by atoms with Crippen molar-refractivity contribution in [3.8, 4) is 0 Å². The topological polar surface area (TPSA) is 133 Å². The molecule has 0 saturated heterocycles. The highest BCUT2D eigenvalue weighted by molar-refractivity contribution is 5.99. The van der Waals surface area contributed by atoms with Gasteiger partial charge in [0.05, 0.1) is 29.9 Å². The maximum absolute atomic E-state index is 13.1. The quantitative estimate of drug-likeness (QED) is 0.344. The molecule has 0 bridgehead atoms. The van der Waals surface area contributed by atoms with Crippen molar-refractivity contribution in [2.75, 3.05) is 19.5 Å². The highest BCUT2D eigenvalue weighted by atomic mass is 16.5. The summed E-state index contributed by atoms with van der Waals surface area (Å²) in [6.07, 6.45) is 6.14. The molecule has 0 spiro atoms. The number of anilines is 1. The Morgan fingerprint density at radius 3 is 2.68 bits per heavy atom. The van der Waals surface area contributed by atoms with Crippen molar-refractivity contribution in [3.05, 3.63) is 52.0 Å². The highest BCUT2D eigenvalue weighted by Crippen LogP contribution is 2.33. The first-order chi connectivity index (χ1) is 16.4. The summed E-state index contributed by atoms with van der Waals surface area (Å²) in [6.45, 7) is 5.24. The summed E-state index contributed by atoms with van der Waals surface area (Å²) in [6, 6.07) is 3.24. The molecule has 4 atom stereocenters. The second kappa shape index (κ2) is 9.82. The van der Waals surface area contributed by atoms with Crippen molar-refractivity contribution >= 4 is 24.1 Å². The number of aliphatic hydroxyl groups excluding tert-OH is 1. The number of carbonyl (C=O) groups excluding carboxylic acids is 1. The Hall–Kier alpha value is -3.44. The van der Waals surface area contributed by atoms with Crippen molar-refractivity contribution in [2.24, 2.45) is 10.1 Å². The molecule has 1 aromatic heterocycles. The molecule has 34 heavy (non-hydrogen) atoms. The molecule has 1 amide bonds. The molecule has 2 heterocycles. The first-order valence-electron chi connectivity index (χ1n) is 11.3. The van der Waals surface area contributed by atoms with Crippen LogP contribution in [-0.2, 0) is 9.53 Å². The molecule has 2 aliphatic carbocycles. The average Bonchev–Trinajstić information content (AvgIpc) is 2.82. The number of hydrogen-bond acceptors (Lipinski definition) is 8. The smallest absolute Gasteiger partial charge is 0.274 e. The van der Waals surface area contributed by atoms with Gasteiger partial charge >= 0.3 is 0 Å². The Labute approximate surface area is 197 Å². The zero-order chi connectivity index (χ0) is 24.4. The van der Waals surface area contributed by atoms with Crippen LogP contribution in [0.15, 0.2) is 56.5 Å². The summed E-state index contributed by atoms with van der Waals surface area (Å²) in [4.78, 5) is 30.2. The Kier molecular flexibility index (Phi) is 6.85. The second-order valence-corrected chi connectivity index (χ2v) is 8.59. The van der Waals surface area contributed by atoms with Crippen molar-refractivity contribution in [1.82, 2.24) is 20.2 Å². The molecular formula is C23H31N7O4. The van der Waals surface area contributed by atoms with Gasteiger partial charge in [0.25, 0.3) is 11.5 Å². The fraction of sp³-hybridized carbons (Fsp3) is 0.478. The van der Waals surface area contributed by atoms with Crippen LogP contribution in [0.25, 0.3) is 0 Å². The minimum absolute atomic E-state index is 0.00372. The van der Waals surface area contributed by atoms with E-state index in [0.717, 1.165) is 19.3 Å². The van der Waals surface area contributed by atoms with Crippen LogP contribution in [0, 0.1) is 0 Å². The number of pyridine rings is 1. The van der Waals surface area contributed by atoms with Gasteiger partial charge in [0.1, 0.15) is 17.3 Å². The highest BCUT2D eigenvalue weighted by Gasteiger charge is 2.34. The summed E-state index contributed by atoms with van der Waals surface area (Å²) < 4.78 is 7.15. The Balaban J connectivity index is 1.60. The van der Waals surface area contributed by atoms with E-state index in [1.807, 2.05) is 6.07 Å². The van der Waals surface area contributed by atoms with Gasteiger partial charge in [-0.25, -0.2) is 0 Å². The van der Waals surface area contributed by atoms with Crippen molar-refractivity contribution in [3.63, 3.8) is 0 Å². The molecule has 2 saturated carbocycles. The van der Waals surface area contributed by atoms with E-state index in [2.05, 4.69) is 32.8 Å². The van der Waals surface area contributed by atoms with E-state index in [1.54, 1.807) is 44.0 Å². The van der Waals surface area contributed by atoms with E-state index >= 15 is 0 Å². The van der Waals surface area contributed by atoms with Gasteiger partial charge in [-0.05, 0) is 44.7 Å². The zero-order valence-electron chi connectivity index (χ0n) is 19.6. The molecular weight excluding hydrogens is 438 g/mol. The number of methoxy groups -OCH3 is 1. The van der Waals surface area contributed by atoms with Crippen LogP contribution in [0.3, 0.4) is 0 Å². The number of amidine groups is 1. The van der Waals surface area contributed by atoms with Gasteiger partial charge in [-0.1, -0.05) is 0 Å². The van der Waals surface area contributed by atoms with Crippen LogP contribution in [0.4, 0.5) is 5.69 Å². The summed E-state index contributed by atoms with van der Waals surface area (Å²) in [5, 5.41) is 24.3. The number of aromatic nitrogens is 1. The molecule has 1 aromatic rings. The number of hydrogen-bond donors (Lipinski definition) is 4. The number of aliphatic imine (C=N–C) groups is 1. The van der Waals surface area contributed by atoms with E-state index in [0.29, 0.717) is 35.2 Å². The number of carbonyl (C=O) groups is 1. The van der Waals surface area contributed by atoms with Crippen LogP contribution in [0.2, 0.25) is 0 Å². The predicted molar refractivity (Wildman–Crippen MR) is 129 cm³/mol. The molecule has 3 aliphatic rings. The standard InChI is InChI=1S/C23H31N7O4/c1-13(22(32)27-14-7-9-17(14)31)21-28-19(12-20(24-2)30(21)25-3)26-15-6-5-11-29(23(15)33)16-8-10-18(16)34-4/h5-6,11-12,14,16-18,26,28,31H,3,7-10H2,1-2,4H3,(H,27,32)/b21-13+,24-20?/t14?,16-,17?,18-/m1/s1. The SMILES string of the molecule is C=NN1C(=NC)C=C(Nc2cccn([C@@H]3CC[C@H]3OC)c2=O)N/C1=C(/C)C(=O)NC1CCC1O. The van der Waals surface area contributed by atoms with E-state index in [9.17, 15) is 14.7 Å². The van der Waals surface area contributed by atoms with Crippen molar-refractivity contribution < 1.29 is 14.6 Å². The van der Waals surface area contributed by atoms with Crippen LogP contribution < -0.4 is 21.5 Å². The molecule has 4 rings (SSSR count). The van der Waals surface area contributed by atoms with E-state index in [1.165, 1.54) is 5.01 Å². The van der Waals surface area contributed by atoms with Crippen LogP contribution in [0.5, 0.6) is 0 Å². The summed E-state index contributed by atoms with van der Waals surface area (Å²) in [5.41, 5.74) is 0.538. The molecule has 0 radical (unpaired) electrons. The van der Waals surface area contributed by atoms with Crippen molar-refractivity contribution in [1.29, 1.82) is 0 Å². The van der Waals surface area contributed by atoms with E-state index in [-0.39, 0.29) is 29.7 Å². The van der Waals surface area contributed by atoms with Gasteiger partial charge in [0, 0.05) is 33.1 Å². The largest absolute Gasteiger partial charge is 0.391 e. The number of aliphatic hydroxyl groups is 1. The van der Waals surface area contributed by atoms with Crippen molar-refractivity contribution in [2.45, 2.75) is 56.9 Å². The number of ether oxygens (including phenoxy) is 1. The second-order valence-electron chi connectivity index (χ2n) is 8.59. The molecule has 1 aliphatic heterocycles. The number of rotatable bonds is 7. The summed E-state index contributed by atoms with van der Waals surface area (Å²) in [5.74, 6) is 0.894. The van der Waals surface area contributed by atoms with Gasteiger partial charge in [-0.3, -0.25) is 14.6 Å². The molecule has 2 fully saturated rings. The lowest BCUT2D eigenvalue weighted by atomic mass is 9.88. The Morgan fingerprint density at radius 2 is 2.12 bits per heavy atom. The van der Waals surface area contributed by atoms with Gasteiger partial charge in [-0.2, -0.15) is 10.1 Å². The third kappa shape index (κ3) is 4.36. The van der Waals surface area contributed by atoms with Gasteiger partial charge < -0.3 is 30.4 Å². The summed E-state index contributed by atoms with van der Waals surface area (Å²) >= 11 is 0. The first-order valence-corrected chi connectivity index (χ1v) is 11.3. The minimum Gasteiger partial charge on any atom is -0.391 e. The third-order valence-corrected chi connectivity index (χ3v) is 6.66. The third-order valence-electron chi connectivity index (χ3n) is 6.66. The monoisotopic (exact) mass is 469 g/mol. The van der Waals surface area contributed by atoms with Gasteiger partial charge in [0.15, 0.2) is 5.84 Å². The number of nitrogens with one attached hydrogen (secondary N) is 3. The lowest BCUT2D eigenvalue weighted by molar-refractivity contribution is -0.120. The van der Waals surface area contributed by atoms with Crippen LogP contribution >= 0.6 is 0 Å².